The zero-order valence-electron chi connectivity index (χ0n) is 22.6. The Morgan fingerprint density at radius 1 is 0.718 bits per heavy atom. The van der Waals surface area contributed by atoms with Gasteiger partial charge in [0.2, 0.25) is 10.0 Å². The largest absolute Gasteiger partial charge is 0.497 e. The summed E-state index contributed by atoms with van der Waals surface area (Å²) in [7, 11) is -0.495. The van der Waals surface area contributed by atoms with Gasteiger partial charge in [-0.2, -0.15) is 0 Å². The molecule has 4 aromatic carbocycles. The first kappa shape index (κ1) is 28.4. The lowest BCUT2D eigenvalue weighted by Gasteiger charge is -2.30. The summed E-state index contributed by atoms with van der Waals surface area (Å²) < 4.78 is 40.9. The predicted molar refractivity (Wildman–Crippen MR) is 156 cm³/mol. The zero-order chi connectivity index (χ0) is 27.7. The highest BCUT2D eigenvalue weighted by molar-refractivity contribution is 7.89. The van der Waals surface area contributed by atoms with Gasteiger partial charge in [-0.1, -0.05) is 78.4 Å². The number of sulfonamides is 1. The van der Waals surface area contributed by atoms with Gasteiger partial charge in [-0.15, -0.1) is 0 Å². The fourth-order valence-corrected chi connectivity index (χ4v) is 5.83. The fourth-order valence-electron chi connectivity index (χ4n) is 4.59. The number of benzene rings is 4. The molecule has 0 aliphatic carbocycles. The molecule has 0 bridgehead atoms. The van der Waals surface area contributed by atoms with Gasteiger partial charge >= 0.3 is 0 Å². The normalized spacial score (nSPS) is 13.0. The molecule has 2 N–H and O–H groups in total. The summed E-state index contributed by atoms with van der Waals surface area (Å²) in [5, 5.41) is 3.66. The summed E-state index contributed by atoms with van der Waals surface area (Å²) in [6.07, 6.45) is 1.65. The first-order valence-electron chi connectivity index (χ1n) is 13.0. The van der Waals surface area contributed by atoms with Crippen LogP contribution in [-0.4, -0.2) is 29.2 Å². The van der Waals surface area contributed by atoms with E-state index in [9.17, 15) is 8.42 Å². The highest BCUT2D eigenvalue weighted by Crippen LogP contribution is 2.31. The lowest BCUT2D eigenvalue weighted by Crippen LogP contribution is -2.39. The van der Waals surface area contributed by atoms with E-state index in [0.717, 1.165) is 46.6 Å². The van der Waals surface area contributed by atoms with E-state index in [4.69, 9.17) is 9.47 Å². The highest BCUT2D eigenvalue weighted by atomic mass is 32.2. The van der Waals surface area contributed by atoms with Gasteiger partial charge in [-0.3, -0.25) is 0 Å². The van der Waals surface area contributed by atoms with Crippen LogP contribution in [0, 0.1) is 6.92 Å². The van der Waals surface area contributed by atoms with Gasteiger partial charge in [0.1, 0.15) is 11.5 Å². The van der Waals surface area contributed by atoms with Crippen LogP contribution >= 0.6 is 0 Å². The minimum absolute atomic E-state index is 0.243. The van der Waals surface area contributed by atoms with E-state index in [2.05, 4.69) is 10.0 Å². The molecule has 2 atom stereocenters. The third-order valence-electron chi connectivity index (χ3n) is 6.68. The Balaban J connectivity index is 1.59. The molecule has 4 aromatic rings. The van der Waals surface area contributed by atoms with Crippen LogP contribution in [0.5, 0.6) is 11.5 Å². The standard InChI is InChI=1S/C32H36N2O4S/c1-24-16-18-30(19-17-24)39(35,36)34-32(27-14-8-5-9-15-27)31(26-12-6-4-7-13-26)33-20-10-11-25-21-28(37-2)23-29(22-25)38-3/h4-9,12-19,21-23,31-34H,10-11,20H2,1-3H3/t31-,32-/m1/s1. The Morgan fingerprint density at radius 2 is 1.26 bits per heavy atom. The summed E-state index contributed by atoms with van der Waals surface area (Å²) in [6, 6.07) is 31.7. The van der Waals surface area contributed by atoms with Crippen molar-refractivity contribution in [2.45, 2.75) is 36.7 Å². The maximum Gasteiger partial charge on any atom is 0.241 e. The summed E-state index contributed by atoms with van der Waals surface area (Å²) in [5.41, 5.74) is 4.00. The van der Waals surface area contributed by atoms with Crippen LogP contribution in [-0.2, 0) is 16.4 Å². The maximum atomic E-state index is 13.5. The molecule has 39 heavy (non-hydrogen) atoms. The molecule has 6 nitrogen and oxygen atoms in total. The van der Waals surface area contributed by atoms with Crippen LogP contribution in [0.3, 0.4) is 0 Å². The predicted octanol–water partition coefficient (Wildman–Crippen LogP) is 6.00. The van der Waals surface area contributed by atoms with Gasteiger partial charge in [0.25, 0.3) is 0 Å². The molecule has 4 rings (SSSR count). The summed E-state index contributed by atoms with van der Waals surface area (Å²) in [5.74, 6) is 1.52. The average molecular weight is 545 g/mol. The molecule has 0 unspecified atom stereocenters. The monoisotopic (exact) mass is 544 g/mol. The van der Waals surface area contributed by atoms with Crippen molar-refractivity contribution >= 4 is 10.0 Å². The van der Waals surface area contributed by atoms with Crippen LogP contribution in [0.2, 0.25) is 0 Å². The van der Waals surface area contributed by atoms with E-state index >= 15 is 0 Å². The third-order valence-corrected chi connectivity index (χ3v) is 8.14. The van der Waals surface area contributed by atoms with Crippen molar-refractivity contribution < 1.29 is 17.9 Å². The van der Waals surface area contributed by atoms with Crippen molar-refractivity contribution in [2.24, 2.45) is 0 Å². The quantitative estimate of drug-likeness (QED) is 0.202. The average Bonchev–Trinajstić information content (AvgIpc) is 2.97. The van der Waals surface area contributed by atoms with Crippen molar-refractivity contribution in [3.05, 3.63) is 125 Å². The van der Waals surface area contributed by atoms with E-state index in [0.29, 0.717) is 6.54 Å². The van der Waals surface area contributed by atoms with Crippen molar-refractivity contribution in [2.75, 3.05) is 20.8 Å². The zero-order valence-corrected chi connectivity index (χ0v) is 23.4. The molecule has 204 valence electrons. The van der Waals surface area contributed by atoms with Crippen LogP contribution in [0.15, 0.2) is 108 Å². The topological polar surface area (TPSA) is 76.7 Å². The van der Waals surface area contributed by atoms with Gasteiger partial charge in [0.05, 0.1) is 31.2 Å². The number of hydrogen-bond donors (Lipinski definition) is 2. The second-order valence-electron chi connectivity index (χ2n) is 9.49. The molecule has 0 spiro atoms. The number of methoxy groups -OCH3 is 2. The Bertz CT molecular complexity index is 1400. The Labute approximate surface area is 232 Å². The summed E-state index contributed by atoms with van der Waals surface area (Å²) in [4.78, 5) is 0.243. The van der Waals surface area contributed by atoms with E-state index in [-0.39, 0.29) is 10.9 Å². The minimum atomic E-state index is -3.78. The Hall–Kier alpha value is -3.65. The lowest BCUT2D eigenvalue weighted by atomic mass is 9.94. The molecule has 0 heterocycles. The number of nitrogens with one attached hydrogen (secondary N) is 2. The SMILES string of the molecule is COc1cc(CCCN[C@H](c2ccccc2)[C@H](NS(=O)(=O)c2ccc(C)cc2)c2ccccc2)cc(OC)c1. The summed E-state index contributed by atoms with van der Waals surface area (Å²) >= 11 is 0. The van der Waals surface area contributed by atoms with E-state index in [1.807, 2.05) is 97.9 Å². The molecule has 0 saturated heterocycles. The number of rotatable bonds is 13. The summed E-state index contributed by atoms with van der Waals surface area (Å²) in [6.45, 7) is 2.61. The molecule has 0 aliphatic heterocycles. The van der Waals surface area contributed by atoms with Crippen molar-refractivity contribution in [1.29, 1.82) is 0 Å². The number of hydrogen-bond acceptors (Lipinski definition) is 5. The second kappa shape index (κ2) is 13.4. The van der Waals surface area contributed by atoms with Gasteiger partial charge < -0.3 is 14.8 Å². The van der Waals surface area contributed by atoms with E-state index in [1.165, 1.54) is 0 Å². The molecule has 0 aromatic heterocycles. The molecular weight excluding hydrogens is 508 g/mol. The molecule has 0 fully saturated rings. The van der Waals surface area contributed by atoms with Crippen LogP contribution in [0.4, 0.5) is 0 Å². The molecule has 0 radical (unpaired) electrons. The Kier molecular flexibility index (Phi) is 9.76. The van der Waals surface area contributed by atoms with E-state index < -0.39 is 16.1 Å². The smallest absolute Gasteiger partial charge is 0.241 e. The first-order valence-corrected chi connectivity index (χ1v) is 14.5. The highest BCUT2D eigenvalue weighted by Gasteiger charge is 2.29. The number of aryl methyl sites for hydroxylation is 2. The van der Waals surface area contributed by atoms with E-state index in [1.54, 1.807) is 26.4 Å². The van der Waals surface area contributed by atoms with Gasteiger partial charge in [-0.25, -0.2) is 13.1 Å². The third kappa shape index (κ3) is 7.69. The maximum absolute atomic E-state index is 13.5. The first-order chi connectivity index (χ1) is 18.9. The van der Waals surface area contributed by atoms with Crippen molar-refractivity contribution in [3.63, 3.8) is 0 Å². The van der Waals surface area contributed by atoms with Gasteiger partial charge in [0.15, 0.2) is 0 Å². The van der Waals surface area contributed by atoms with Gasteiger partial charge in [0, 0.05) is 6.07 Å². The molecule has 0 saturated carbocycles. The number of ether oxygens (including phenoxy) is 2. The fraction of sp³-hybridized carbons (Fsp3) is 0.250. The van der Waals surface area contributed by atoms with Gasteiger partial charge in [-0.05, 0) is 67.3 Å². The second-order valence-corrected chi connectivity index (χ2v) is 11.2. The lowest BCUT2D eigenvalue weighted by molar-refractivity contribution is 0.393. The molecule has 0 amide bonds. The Morgan fingerprint density at radius 3 is 1.79 bits per heavy atom. The van der Waals surface area contributed by atoms with Crippen molar-refractivity contribution in [3.8, 4) is 11.5 Å². The molecule has 7 heteroatoms. The van der Waals surface area contributed by atoms with Crippen LogP contribution < -0.4 is 19.5 Å². The molecular formula is C32H36N2O4S. The van der Waals surface area contributed by atoms with Crippen molar-refractivity contribution in [1.82, 2.24) is 10.0 Å². The van der Waals surface area contributed by atoms with Crippen LogP contribution in [0.1, 0.15) is 40.8 Å². The minimum Gasteiger partial charge on any atom is -0.497 e. The van der Waals surface area contributed by atoms with Crippen LogP contribution in [0.25, 0.3) is 0 Å². The molecule has 0 aliphatic rings.